The minimum Gasteiger partial charge on any atom is -0.379 e. The summed E-state index contributed by atoms with van der Waals surface area (Å²) in [6.07, 6.45) is -5.91. The first kappa shape index (κ1) is 18.4. The number of aliphatic hydroxyl groups is 1. The maximum atomic E-state index is 13.1. The molecule has 2 unspecified atom stereocenters. The van der Waals surface area contributed by atoms with Crippen LogP contribution in [0.2, 0.25) is 5.02 Å². The van der Waals surface area contributed by atoms with Gasteiger partial charge in [-0.1, -0.05) is 36.7 Å². The molecule has 2 N–H and O–H groups in total. The monoisotopic (exact) mass is 375 g/mol. The molecule has 0 spiro atoms. The van der Waals surface area contributed by atoms with Crippen LogP contribution in [0.5, 0.6) is 0 Å². The summed E-state index contributed by atoms with van der Waals surface area (Å²) in [7, 11) is 0. The molecule has 2 heterocycles. The fraction of sp³-hybridized carbons (Fsp3) is 0.529. The number of aliphatic hydroxyl groups excluding tert-OH is 1. The van der Waals surface area contributed by atoms with Gasteiger partial charge >= 0.3 is 6.18 Å². The summed E-state index contributed by atoms with van der Waals surface area (Å²) in [5, 5.41) is 13.4. The van der Waals surface area contributed by atoms with E-state index in [4.69, 9.17) is 11.6 Å². The van der Waals surface area contributed by atoms with Gasteiger partial charge in [-0.05, 0) is 18.9 Å². The maximum Gasteiger partial charge on any atom is 0.418 e. The molecule has 1 aromatic rings. The molecule has 0 aromatic heterocycles. The maximum absolute atomic E-state index is 13.1. The molecule has 2 aliphatic rings. The van der Waals surface area contributed by atoms with Crippen LogP contribution >= 0.6 is 11.6 Å². The fourth-order valence-electron chi connectivity index (χ4n) is 3.41. The molecule has 0 radical (unpaired) electrons. The summed E-state index contributed by atoms with van der Waals surface area (Å²) >= 11 is 6.22. The van der Waals surface area contributed by atoms with Crippen molar-refractivity contribution in [3.8, 4) is 0 Å². The summed E-state index contributed by atoms with van der Waals surface area (Å²) in [5.41, 5.74) is 1.68. The van der Waals surface area contributed by atoms with E-state index in [9.17, 15) is 18.3 Å². The predicted molar refractivity (Wildman–Crippen MR) is 92.8 cm³/mol. The van der Waals surface area contributed by atoms with Crippen LogP contribution in [-0.2, 0) is 0 Å². The van der Waals surface area contributed by atoms with E-state index >= 15 is 0 Å². The lowest BCUT2D eigenvalue weighted by Crippen LogP contribution is -2.55. The van der Waals surface area contributed by atoms with E-state index in [1.165, 1.54) is 12.1 Å². The van der Waals surface area contributed by atoms with Crippen LogP contribution in [0.15, 0.2) is 24.3 Å². The third-order valence-corrected chi connectivity index (χ3v) is 5.05. The number of hydrogen-bond donors (Lipinski definition) is 2. The molecular formula is C17H21ClF3N3O. The highest BCUT2D eigenvalue weighted by molar-refractivity contribution is 6.34. The molecule has 3 rings (SSSR count). The number of fused-ring (bicyclic) bond motifs is 3. The number of halogens is 4. The molecule has 138 valence electrons. The molecule has 0 saturated carbocycles. The number of rotatable bonds is 4. The Morgan fingerprint density at radius 2 is 2.16 bits per heavy atom. The summed E-state index contributed by atoms with van der Waals surface area (Å²) < 4.78 is 39.2. The molecule has 2 aliphatic heterocycles. The predicted octanol–water partition coefficient (Wildman–Crippen LogP) is 4.12. The minimum atomic E-state index is -4.73. The smallest absolute Gasteiger partial charge is 0.379 e. The van der Waals surface area contributed by atoms with Crippen LogP contribution in [0.3, 0.4) is 0 Å². The number of hydrogen-bond acceptors (Lipinski definition) is 4. The van der Waals surface area contributed by atoms with Gasteiger partial charge < -0.3 is 15.3 Å². The number of nitrogens with zero attached hydrogens (tertiary/aromatic N) is 2. The molecule has 8 heteroatoms. The standard InChI is InChI=1S/C17H21ClF3N3O/c1-3-10(2)9-23-7-4-8-24-14-11(15(25)17(19,20)21)5-6-12(18)13(14)22-16(23)24/h5-6,15-16,22,25H,2-4,7-9H2,1H3. The summed E-state index contributed by atoms with van der Waals surface area (Å²) in [4.78, 5) is 3.99. The van der Waals surface area contributed by atoms with Crippen molar-refractivity contribution in [1.82, 2.24) is 4.90 Å². The lowest BCUT2D eigenvalue weighted by molar-refractivity contribution is -0.206. The van der Waals surface area contributed by atoms with Gasteiger partial charge in [-0.25, -0.2) is 0 Å². The number of nitrogens with one attached hydrogen (secondary N) is 1. The van der Waals surface area contributed by atoms with Crippen LogP contribution in [0.4, 0.5) is 24.5 Å². The van der Waals surface area contributed by atoms with Crippen molar-refractivity contribution in [2.75, 3.05) is 29.9 Å². The van der Waals surface area contributed by atoms with Gasteiger partial charge in [0.2, 0.25) is 0 Å². The average Bonchev–Trinajstić information content (AvgIpc) is 2.95. The SMILES string of the molecule is C=C(CC)CN1CCCN2c3c(C(O)C(F)(F)F)ccc(Cl)c3NC12. The Morgan fingerprint density at radius 1 is 1.44 bits per heavy atom. The quantitative estimate of drug-likeness (QED) is 0.776. The van der Waals surface area contributed by atoms with Gasteiger partial charge in [-0.15, -0.1) is 0 Å². The van der Waals surface area contributed by atoms with Crippen molar-refractivity contribution in [3.05, 3.63) is 34.9 Å². The molecule has 2 atom stereocenters. The largest absolute Gasteiger partial charge is 0.418 e. The number of anilines is 2. The third kappa shape index (κ3) is 3.32. The van der Waals surface area contributed by atoms with Crippen molar-refractivity contribution in [2.24, 2.45) is 0 Å². The van der Waals surface area contributed by atoms with Gasteiger partial charge in [0.25, 0.3) is 0 Å². The Labute approximate surface area is 149 Å². The Kier molecular flexibility index (Phi) is 4.92. The fourth-order valence-corrected chi connectivity index (χ4v) is 3.62. The Bertz CT molecular complexity index is 680. The van der Waals surface area contributed by atoms with Gasteiger partial charge in [0, 0.05) is 25.2 Å². The van der Waals surface area contributed by atoms with Crippen LogP contribution in [0, 0.1) is 0 Å². The first-order valence-corrected chi connectivity index (χ1v) is 8.63. The summed E-state index contributed by atoms with van der Waals surface area (Å²) in [6, 6.07) is 2.65. The highest BCUT2D eigenvalue weighted by Crippen LogP contribution is 2.48. The average molecular weight is 376 g/mol. The number of benzene rings is 1. The second kappa shape index (κ2) is 6.70. The molecule has 0 bridgehead atoms. The normalized spacial score (nSPS) is 21.5. The van der Waals surface area contributed by atoms with E-state index in [0.717, 1.165) is 25.0 Å². The second-order valence-corrected chi connectivity index (χ2v) is 6.85. The third-order valence-electron chi connectivity index (χ3n) is 4.74. The van der Waals surface area contributed by atoms with Crippen molar-refractivity contribution >= 4 is 23.0 Å². The lowest BCUT2D eigenvalue weighted by atomic mass is 10.0. The van der Waals surface area contributed by atoms with Gasteiger partial charge in [0.15, 0.2) is 12.4 Å². The van der Waals surface area contributed by atoms with Gasteiger partial charge in [-0.2, -0.15) is 13.2 Å². The van der Waals surface area contributed by atoms with Crippen molar-refractivity contribution in [2.45, 2.75) is 38.3 Å². The van der Waals surface area contributed by atoms with Crippen LogP contribution < -0.4 is 10.2 Å². The zero-order valence-electron chi connectivity index (χ0n) is 13.9. The first-order valence-electron chi connectivity index (χ1n) is 8.25. The molecular weight excluding hydrogens is 355 g/mol. The van der Waals surface area contributed by atoms with Gasteiger partial charge in [0.05, 0.1) is 16.4 Å². The highest BCUT2D eigenvalue weighted by Gasteiger charge is 2.45. The van der Waals surface area contributed by atoms with Crippen molar-refractivity contribution < 1.29 is 18.3 Å². The summed E-state index contributed by atoms with van der Waals surface area (Å²) in [5.74, 6) is 0. The van der Waals surface area contributed by atoms with E-state index in [-0.39, 0.29) is 11.9 Å². The Balaban J connectivity index is 1.98. The zero-order chi connectivity index (χ0) is 18.4. The molecule has 1 saturated heterocycles. The molecule has 0 aliphatic carbocycles. The highest BCUT2D eigenvalue weighted by atomic mass is 35.5. The molecule has 1 aromatic carbocycles. The van der Waals surface area contributed by atoms with Crippen molar-refractivity contribution in [3.63, 3.8) is 0 Å². The Hall–Kier alpha value is -1.44. The van der Waals surface area contributed by atoms with E-state index in [2.05, 4.69) is 16.8 Å². The zero-order valence-corrected chi connectivity index (χ0v) is 14.7. The lowest BCUT2D eigenvalue weighted by Gasteiger charge is -2.41. The Morgan fingerprint density at radius 3 is 2.80 bits per heavy atom. The topological polar surface area (TPSA) is 38.7 Å². The van der Waals surface area contributed by atoms with Crippen LogP contribution in [0.1, 0.15) is 31.4 Å². The van der Waals surface area contributed by atoms with E-state index in [1.54, 1.807) is 0 Å². The summed E-state index contributed by atoms with van der Waals surface area (Å²) in [6.45, 7) is 8.12. The van der Waals surface area contributed by atoms with E-state index in [0.29, 0.717) is 29.5 Å². The van der Waals surface area contributed by atoms with Crippen LogP contribution in [-0.4, -0.2) is 42.1 Å². The van der Waals surface area contributed by atoms with Gasteiger partial charge in [0.1, 0.15) is 0 Å². The second-order valence-electron chi connectivity index (χ2n) is 6.44. The van der Waals surface area contributed by atoms with Gasteiger partial charge in [-0.3, -0.25) is 4.90 Å². The van der Waals surface area contributed by atoms with Crippen LogP contribution in [0.25, 0.3) is 0 Å². The van der Waals surface area contributed by atoms with E-state index < -0.39 is 12.3 Å². The molecule has 0 amide bonds. The molecule has 4 nitrogen and oxygen atoms in total. The molecule has 25 heavy (non-hydrogen) atoms. The molecule has 1 fully saturated rings. The van der Waals surface area contributed by atoms with Crippen molar-refractivity contribution in [1.29, 1.82) is 0 Å². The first-order chi connectivity index (χ1) is 11.7. The minimum absolute atomic E-state index is 0.168. The number of alkyl halides is 3. The van der Waals surface area contributed by atoms with E-state index in [1.807, 2.05) is 11.8 Å².